The van der Waals surface area contributed by atoms with Crippen molar-refractivity contribution >= 4 is 11.8 Å². The van der Waals surface area contributed by atoms with E-state index in [1.165, 1.54) is 0 Å². The van der Waals surface area contributed by atoms with Crippen LogP contribution in [-0.4, -0.2) is 24.6 Å². The van der Waals surface area contributed by atoms with Crippen molar-refractivity contribution in [1.29, 1.82) is 0 Å². The van der Waals surface area contributed by atoms with Crippen LogP contribution in [0.25, 0.3) is 0 Å². The second-order valence-corrected chi connectivity index (χ2v) is 4.53. The highest BCUT2D eigenvalue weighted by molar-refractivity contribution is 5.98. The molecule has 2 rings (SSSR count). The molecule has 0 saturated heterocycles. The number of ether oxygens (including phenoxy) is 3. The third-order valence-corrected chi connectivity index (χ3v) is 2.62. The highest BCUT2D eigenvalue weighted by atomic mass is 16.7. The van der Waals surface area contributed by atoms with Crippen molar-refractivity contribution < 1.29 is 23.8 Å². The molecule has 19 heavy (non-hydrogen) atoms. The smallest absolute Gasteiger partial charge is 0.306 e. The summed E-state index contributed by atoms with van der Waals surface area (Å²) in [7, 11) is 0. The lowest BCUT2D eigenvalue weighted by atomic mass is 10.1. The van der Waals surface area contributed by atoms with Gasteiger partial charge >= 0.3 is 5.97 Å². The van der Waals surface area contributed by atoms with Crippen molar-refractivity contribution in [3.05, 3.63) is 23.8 Å². The molecule has 1 heterocycles. The van der Waals surface area contributed by atoms with E-state index >= 15 is 0 Å². The van der Waals surface area contributed by atoms with Crippen molar-refractivity contribution in [2.24, 2.45) is 0 Å². The normalized spacial score (nSPS) is 12.6. The molecule has 0 bridgehead atoms. The van der Waals surface area contributed by atoms with Crippen LogP contribution in [0, 0.1) is 0 Å². The summed E-state index contributed by atoms with van der Waals surface area (Å²) in [4.78, 5) is 23.3. The average Bonchev–Trinajstić information content (AvgIpc) is 2.82. The highest BCUT2D eigenvalue weighted by Crippen LogP contribution is 2.32. The summed E-state index contributed by atoms with van der Waals surface area (Å²) in [5.74, 6) is 0.731. The second-order valence-electron chi connectivity index (χ2n) is 4.53. The van der Waals surface area contributed by atoms with Gasteiger partial charge in [0.05, 0.1) is 12.5 Å². The zero-order valence-electron chi connectivity index (χ0n) is 11.0. The third-order valence-electron chi connectivity index (χ3n) is 2.62. The Morgan fingerprint density at radius 1 is 1.21 bits per heavy atom. The van der Waals surface area contributed by atoms with E-state index in [0.29, 0.717) is 17.1 Å². The maximum atomic E-state index is 11.9. The second kappa shape index (κ2) is 5.73. The number of esters is 1. The van der Waals surface area contributed by atoms with E-state index in [0.717, 1.165) is 0 Å². The lowest BCUT2D eigenvalue weighted by molar-refractivity contribution is -0.147. The summed E-state index contributed by atoms with van der Waals surface area (Å²) >= 11 is 0. The van der Waals surface area contributed by atoms with Gasteiger partial charge in [-0.3, -0.25) is 9.59 Å². The summed E-state index contributed by atoms with van der Waals surface area (Å²) in [6.07, 6.45) is 0.0598. The van der Waals surface area contributed by atoms with Crippen LogP contribution in [0.2, 0.25) is 0 Å². The summed E-state index contributed by atoms with van der Waals surface area (Å²) < 4.78 is 15.3. The number of ketones is 1. The lowest BCUT2D eigenvalue weighted by Crippen LogP contribution is -2.12. The Bertz CT molecular complexity index is 493. The minimum Gasteiger partial charge on any atom is -0.463 e. The first-order valence-corrected chi connectivity index (χ1v) is 6.18. The Labute approximate surface area is 111 Å². The number of hydrogen-bond donors (Lipinski definition) is 0. The Balaban J connectivity index is 1.91. The van der Waals surface area contributed by atoms with Gasteiger partial charge in [0.1, 0.15) is 0 Å². The van der Waals surface area contributed by atoms with Gasteiger partial charge in [-0.25, -0.2) is 0 Å². The quantitative estimate of drug-likeness (QED) is 0.603. The molecule has 0 aliphatic carbocycles. The molecule has 0 fully saturated rings. The minimum atomic E-state index is -0.357. The molecule has 0 radical (unpaired) electrons. The lowest BCUT2D eigenvalue weighted by Gasteiger charge is -2.07. The van der Waals surface area contributed by atoms with Crippen LogP contribution >= 0.6 is 0 Å². The molecule has 0 unspecified atom stereocenters. The number of hydrogen-bond acceptors (Lipinski definition) is 5. The number of carbonyl (C=O) groups is 2. The van der Waals surface area contributed by atoms with Crippen LogP contribution in [0.15, 0.2) is 18.2 Å². The fraction of sp³-hybridized carbons (Fsp3) is 0.429. The molecule has 5 heteroatoms. The van der Waals surface area contributed by atoms with Crippen LogP contribution in [0.1, 0.15) is 37.0 Å². The first kappa shape index (κ1) is 13.4. The molecule has 1 aliphatic heterocycles. The molecule has 1 aliphatic rings. The molecule has 0 atom stereocenters. The third kappa shape index (κ3) is 3.47. The van der Waals surface area contributed by atoms with Crippen LogP contribution in [0.5, 0.6) is 11.5 Å². The van der Waals surface area contributed by atoms with E-state index in [9.17, 15) is 9.59 Å². The molecule has 5 nitrogen and oxygen atoms in total. The van der Waals surface area contributed by atoms with Gasteiger partial charge in [-0.2, -0.15) is 0 Å². The Kier molecular flexibility index (Phi) is 4.04. The number of carbonyl (C=O) groups excluding carboxylic acids is 2. The van der Waals surface area contributed by atoms with E-state index in [2.05, 4.69) is 0 Å². The Hall–Kier alpha value is -2.04. The van der Waals surface area contributed by atoms with Crippen molar-refractivity contribution in [3.8, 4) is 11.5 Å². The van der Waals surface area contributed by atoms with Gasteiger partial charge in [-0.15, -0.1) is 0 Å². The molecule has 0 spiro atoms. The maximum absolute atomic E-state index is 11.9. The minimum absolute atomic E-state index is 0.0887. The van der Waals surface area contributed by atoms with Crippen LogP contribution in [0.4, 0.5) is 0 Å². The van der Waals surface area contributed by atoms with E-state index in [1.54, 1.807) is 32.0 Å². The van der Waals surface area contributed by atoms with E-state index in [1.807, 2.05) is 0 Å². The van der Waals surface area contributed by atoms with Gasteiger partial charge in [0.25, 0.3) is 0 Å². The Morgan fingerprint density at radius 3 is 2.68 bits per heavy atom. The monoisotopic (exact) mass is 264 g/mol. The zero-order valence-corrected chi connectivity index (χ0v) is 11.0. The summed E-state index contributed by atoms with van der Waals surface area (Å²) in [6.45, 7) is 3.73. The van der Waals surface area contributed by atoms with E-state index in [-0.39, 0.29) is 37.5 Å². The molecule has 0 amide bonds. The molecule has 102 valence electrons. The standard InChI is InChI=1S/C14H16O5/c1-9(2)19-14(16)6-4-11(15)10-3-5-12-13(7-10)18-8-17-12/h3,5,7,9H,4,6,8H2,1-2H3. The zero-order chi connectivity index (χ0) is 13.8. The number of benzene rings is 1. The van der Waals surface area contributed by atoms with E-state index in [4.69, 9.17) is 14.2 Å². The molecule has 0 N–H and O–H groups in total. The molecular formula is C14H16O5. The molecule has 0 aromatic heterocycles. The number of fused-ring (bicyclic) bond motifs is 1. The highest BCUT2D eigenvalue weighted by Gasteiger charge is 2.17. The number of Topliss-reactive ketones (excluding diaryl/α,β-unsaturated/α-hetero) is 1. The van der Waals surface area contributed by atoms with Crippen molar-refractivity contribution in [3.63, 3.8) is 0 Å². The van der Waals surface area contributed by atoms with Gasteiger partial charge in [-0.1, -0.05) is 0 Å². The van der Waals surface area contributed by atoms with Gasteiger partial charge < -0.3 is 14.2 Å². The van der Waals surface area contributed by atoms with Gasteiger partial charge in [-0.05, 0) is 32.0 Å². The van der Waals surface area contributed by atoms with Crippen molar-refractivity contribution in [2.45, 2.75) is 32.8 Å². The van der Waals surface area contributed by atoms with Gasteiger partial charge in [0.2, 0.25) is 6.79 Å². The largest absolute Gasteiger partial charge is 0.463 e. The van der Waals surface area contributed by atoms with Crippen molar-refractivity contribution in [2.75, 3.05) is 6.79 Å². The predicted molar refractivity (Wildman–Crippen MR) is 67.4 cm³/mol. The first-order valence-electron chi connectivity index (χ1n) is 6.18. The predicted octanol–water partition coefficient (Wildman–Crippen LogP) is 2.33. The fourth-order valence-corrected chi connectivity index (χ4v) is 1.75. The van der Waals surface area contributed by atoms with Gasteiger partial charge in [0, 0.05) is 12.0 Å². The van der Waals surface area contributed by atoms with E-state index < -0.39 is 0 Å². The van der Waals surface area contributed by atoms with Crippen LogP contribution < -0.4 is 9.47 Å². The van der Waals surface area contributed by atoms with Crippen LogP contribution in [0.3, 0.4) is 0 Å². The topological polar surface area (TPSA) is 61.8 Å². The van der Waals surface area contributed by atoms with Crippen molar-refractivity contribution in [1.82, 2.24) is 0 Å². The Morgan fingerprint density at radius 2 is 1.95 bits per heavy atom. The molecule has 0 saturated carbocycles. The average molecular weight is 264 g/mol. The SMILES string of the molecule is CC(C)OC(=O)CCC(=O)c1ccc2c(c1)OCO2. The molecular weight excluding hydrogens is 248 g/mol. The van der Waals surface area contributed by atoms with Crippen LogP contribution in [-0.2, 0) is 9.53 Å². The first-order chi connectivity index (χ1) is 9.06. The molecule has 1 aromatic rings. The summed E-state index contributed by atoms with van der Waals surface area (Å²) in [5.41, 5.74) is 0.515. The fourth-order valence-electron chi connectivity index (χ4n) is 1.75. The van der Waals surface area contributed by atoms with Gasteiger partial charge in [0.15, 0.2) is 17.3 Å². The number of rotatable bonds is 5. The maximum Gasteiger partial charge on any atom is 0.306 e. The summed E-state index contributed by atoms with van der Waals surface area (Å²) in [5, 5.41) is 0. The molecule has 1 aromatic carbocycles. The summed E-state index contributed by atoms with van der Waals surface area (Å²) in [6, 6.07) is 5.00.